The number of benzene rings is 1. The molecule has 9 heteroatoms. The predicted molar refractivity (Wildman–Crippen MR) is 114 cm³/mol. The molecule has 0 unspecified atom stereocenters. The lowest BCUT2D eigenvalue weighted by molar-refractivity contribution is -0.153. The monoisotopic (exact) mass is 428 g/mol. The normalized spacial score (nSPS) is 14.0. The first-order valence-electron chi connectivity index (χ1n) is 10.5. The van der Waals surface area contributed by atoms with Crippen molar-refractivity contribution in [2.75, 3.05) is 44.4 Å². The molecule has 1 aliphatic heterocycles. The molecule has 1 aliphatic rings. The van der Waals surface area contributed by atoms with Gasteiger partial charge in [-0.3, -0.25) is 9.59 Å². The summed E-state index contributed by atoms with van der Waals surface area (Å²) in [5.41, 5.74) is 0. The number of nitrogens with zero attached hydrogens (tertiary/aromatic N) is 3. The number of aromatic nitrogens is 2. The Hall–Kier alpha value is -3.36. The Bertz CT molecular complexity index is 824. The van der Waals surface area contributed by atoms with Gasteiger partial charge in [-0.25, -0.2) is 9.97 Å². The number of ether oxygens (including phenoxy) is 3. The number of hydrogen-bond acceptors (Lipinski definition) is 8. The molecule has 1 saturated heterocycles. The van der Waals surface area contributed by atoms with Crippen LogP contribution in [0.2, 0.25) is 0 Å². The Kier molecular flexibility index (Phi) is 8.45. The molecule has 166 valence electrons. The Morgan fingerprint density at radius 2 is 1.71 bits per heavy atom. The van der Waals surface area contributed by atoms with Crippen LogP contribution in [-0.2, 0) is 14.3 Å². The van der Waals surface area contributed by atoms with Gasteiger partial charge in [-0.2, -0.15) is 0 Å². The van der Waals surface area contributed by atoms with Crippen molar-refractivity contribution in [2.45, 2.75) is 19.8 Å². The average molecular weight is 428 g/mol. The van der Waals surface area contributed by atoms with Crippen LogP contribution in [0.15, 0.2) is 42.7 Å². The summed E-state index contributed by atoms with van der Waals surface area (Å²) in [5, 5.41) is 2.68. The molecule has 1 amide bonds. The minimum Gasteiger partial charge on any atom is -0.494 e. The smallest absolute Gasteiger partial charge is 0.309 e. The molecule has 1 fully saturated rings. The van der Waals surface area contributed by atoms with Crippen LogP contribution in [-0.4, -0.2) is 61.3 Å². The van der Waals surface area contributed by atoms with Crippen LogP contribution in [0.4, 0.5) is 5.95 Å². The summed E-state index contributed by atoms with van der Waals surface area (Å²) in [7, 11) is 0. The van der Waals surface area contributed by atoms with Crippen LogP contribution in [0.3, 0.4) is 0 Å². The molecule has 9 nitrogen and oxygen atoms in total. The summed E-state index contributed by atoms with van der Waals surface area (Å²) in [5.74, 6) is 1.24. The van der Waals surface area contributed by atoms with E-state index in [-0.39, 0.29) is 24.4 Å². The molecule has 31 heavy (non-hydrogen) atoms. The molecule has 3 rings (SSSR count). The maximum absolute atomic E-state index is 12.2. The summed E-state index contributed by atoms with van der Waals surface area (Å²) in [6.07, 6.45) is 4.69. The van der Waals surface area contributed by atoms with E-state index in [1.54, 1.807) is 18.5 Å². The highest BCUT2D eigenvalue weighted by Crippen LogP contribution is 2.21. The highest BCUT2D eigenvalue weighted by atomic mass is 16.5. The summed E-state index contributed by atoms with van der Waals surface area (Å²) >= 11 is 0. The van der Waals surface area contributed by atoms with Crippen LogP contribution in [0, 0.1) is 5.92 Å². The highest BCUT2D eigenvalue weighted by Gasteiger charge is 2.27. The van der Waals surface area contributed by atoms with Gasteiger partial charge < -0.3 is 24.4 Å². The molecule has 0 radical (unpaired) electrons. The predicted octanol–water partition coefficient (Wildman–Crippen LogP) is 1.83. The van der Waals surface area contributed by atoms with Gasteiger partial charge in [0, 0.05) is 25.5 Å². The van der Waals surface area contributed by atoms with Crippen molar-refractivity contribution in [2.24, 2.45) is 5.92 Å². The second-order valence-corrected chi connectivity index (χ2v) is 7.02. The molecule has 0 spiro atoms. The third-order valence-corrected chi connectivity index (χ3v) is 4.84. The van der Waals surface area contributed by atoms with Gasteiger partial charge in [0.15, 0.2) is 6.61 Å². The van der Waals surface area contributed by atoms with E-state index < -0.39 is 0 Å². The summed E-state index contributed by atoms with van der Waals surface area (Å²) in [6.45, 7) is 4.24. The average Bonchev–Trinajstić information content (AvgIpc) is 2.82. The number of amides is 1. The maximum Gasteiger partial charge on any atom is 0.309 e. The van der Waals surface area contributed by atoms with E-state index in [0.29, 0.717) is 57.4 Å². The number of anilines is 1. The minimum absolute atomic E-state index is 0.212. The number of hydrogen-bond donors (Lipinski definition) is 1. The second-order valence-electron chi connectivity index (χ2n) is 7.02. The third kappa shape index (κ3) is 7.13. The van der Waals surface area contributed by atoms with Crippen LogP contribution in [0.5, 0.6) is 11.5 Å². The molecule has 1 aromatic heterocycles. The number of piperidine rings is 1. The quantitative estimate of drug-likeness (QED) is 0.452. The molecule has 0 atom stereocenters. The molecule has 0 bridgehead atoms. The van der Waals surface area contributed by atoms with Gasteiger partial charge >= 0.3 is 5.97 Å². The van der Waals surface area contributed by atoms with E-state index in [4.69, 9.17) is 14.2 Å². The lowest BCUT2D eigenvalue weighted by Gasteiger charge is -2.30. The third-order valence-electron chi connectivity index (χ3n) is 4.84. The first-order chi connectivity index (χ1) is 15.2. The molecular weight excluding hydrogens is 400 g/mol. The molecule has 2 heterocycles. The molecule has 0 aliphatic carbocycles. The molecule has 1 aromatic carbocycles. The first kappa shape index (κ1) is 22.3. The van der Waals surface area contributed by atoms with E-state index >= 15 is 0 Å². The second kappa shape index (κ2) is 11.7. The topological polar surface area (TPSA) is 103 Å². The number of esters is 1. The largest absolute Gasteiger partial charge is 0.494 e. The van der Waals surface area contributed by atoms with Gasteiger partial charge in [-0.1, -0.05) is 0 Å². The van der Waals surface area contributed by atoms with Gasteiger partial charge in [0.05, 0.1) is 19.1 Å². The van der Waals surface area contributed by atoms with Crippen molar-refractivity contribution in [1.82, 2.24) is 15.3 Å². The Labute approximate surface area is 181 Å². The van der Waals surface area contributed by atoms with E-state index in [1.807, 2.05) is 36.1 Å². The molecule has 1 N–H and O–H groups in total. The maximum atomic E-state index is 12.2. The van der Waals surface area contributed by atoms with Crippen molar-refractivity contribution >= 4 is 17.8 Å². The number of carbonyl (C=O) groups excluding carboxylic acids is 2. The SMILES string of the molecule is CCOc1ccc(OCCNC(=O)COC(=O)C2CCN(c3ncccn3)CC2)cc1. The summed E-state index contributed by atoms with van der Waals surface area (Å²) in [6, 6.07) is 9.04. The fraction of sp³-hybridized carbons (Fsp3) is 0.455. The van der Waals surface area contributed by atoms with Crippen molar-refractivity contribution in [3.8, 4) is 11.5 Å². The van der Waals surface area contributed by atoms with E-state index in [2.05, 4.69) is 15.3 Å². The zero-order valence-corrected chi connectivity index (χ0v) is 17.7. The zero-order chi connectivity index (χ0) is 21.9. The van der Waals surface area contributed by atoms with Gasteiger partial charge in [-0.15, -0.1) is 0 Å². The standard InChI is InChI=1S/C22H28N4O5/c1-2-29-18-4-6-19(7-5-18)30-15-12-23-20(27)16-31-21(28)17-8-13-26(14-9-17)22-24-10-3-11-25-22/h3-7,10-11,17H,2,8-9,12-16H2,1H3,(H,23,27). The number of carbonyl (C=O) groups is 2. The molecule has 0 saturated carbocycles. The van der Waals surface area contributed by atoms with Gasteiger partial charge in [0.25, 0.3) is 5.91 Å². The highest BCUT2D eigenvalue weighted by molar-refractivity contribution is 5.81. The Balaban J connectivity index is 1.28. The molecule has 2 aromatic rings. The van der Waals surface area contributed by atoms with E-state index in [1.165, 1.54) is 0 Å². The Morgan fingerprint density at radius 1 is 1.06 bits per heavy atom. The molecular formula is C22H28N4O5. The lowest BCUT2D eigenvalue weighted by atomic mass is 9.97. The number of rotatable bonds is 10. The van der Waals surface area contributed by atoms with Crippen LogP contribution in [0.25, 0.3) is 0 Å². The van der Waals surface area contributed by atoms with Crippen molar-refractivity contribution < 1.29 is 23.8 Å². The van der Waals surface area contributed by atoms with Crippen molar-refractivity contribution in [1.29, 1.82) is 0 Å². The van der Waals surface area contributed by atoms with Gasteiger partial charge in [-0.05, 0) is 50.1 Å². The van der Waals surface area contributed by atoms with E-state index in [0.717, 1.165) is 5.75 Å². The fourth-order valence-corrected chi connectivity index (χ4v) is 3.23. The van der Waals surface area contributed by atoms with Crippen LogP contribution in [0.1, 0.15) is 19.8 Å². The number of nitrogens with one attached hydrogen (secondary N) is 1. The fourth-order valence-electron chi connectivity index (χ4n) is 3.23. The van der Waals surface area contributed by atoms with Crippen LogP contribution >= 0.6 is 0 Å². The summed E-state index contributed by atoms with van der Waals surface area (Å²) in [4.78, 5) is 34.7. The Morgan fingerprint density at radius 3 is 2.35 bits per heavy atom. The van der Waals surface area contributed by atoms with Gasteiger partial charge in [0.1, 0.15) is 18.1 Å². The minimum atomic E-state index is -0.348. The lowest BCUT2D eigenvalue weighted by Crippen LogP contribution is -2.39. The van der Waals surface area contributed by atoms with Crippen LogP contribution < -0.4 is 19.7 Å². The summed E-state index contributed by atoms with van der Waals surface area (Å²) < 4.78 is 16.1. The first-order valence-corrected chi connectivity index (χ1v) is 10.5. The van der Waals surface area contributed by atoms with E-state index in [9.17, 15) is 9.59 Å². The van der Waals surface area contributed by atoms with Crippen molar-refractivity contribution in [3.05, 3.63) is 42.7 Å². The zero-order valence-electron chi connectivity index (χ0n) is 17.7. The van der Waals surface area contributed by atoms with Gasteiger partial charge in [0.2, 0.25) is 5.95 Å². The van der Waals surface area contributed by atoms with Crippen molar-refractivity contribution in [3.63, 3.8) is 0 Å².